The van der Waals surface area contributed by atoms with E-state index >= 15 is 0 Å². The fourth-order valence-electron chi connectivity index (χ4n) is 2.29. The number of nitrogens with zero attached hydrogens (tertiary/aromatic N) is 1. The van der Waals surface area contributed by atoms with Crippen LogP contribution in [0.2, 0.25) is 0 Å². The normalized spacial score (nSPS) is 18.9. The molecule has 0 spiro atoms. The van der Waals surface area contributed by atoms with Crippen LogP contribution in [-0.4, -0.2) is 36.7 Å². The van der Waals surface area contributed by atoms with Gasteiger partial charge in [-0.2, -0.15) is 0 Å². The molecule has 2 aromatic rings. The second-order valence-electron chi connectivity index (χ2n) is 4.88. The molecule has 0 bridgehead atoms. The van der Waals surface area contributed by atoms with E-state index in [1.165, 1.54) is 0 Å². The Hall–Kier alpha value is -1.98. The number of carbonyl (C=O) groups is 1. The number of ether oxygens (including phenoxy) is 1. The summed E-state index contributed by atoms with van der Waals surface area (Å²) in [6.07, 6.45) is 0. The number of anilines is 1. The Labute approximate surface area is 117 Å². The predicted molar refractivity (Wildman–Crippen MR) is 77.7 cm³/mol. The number of morpholine rings is 1. The first kappa shape index (κ1) is 13.0. The zero-order valence-corrected chi connectivity index (χ0v) is 11.3. The highest BCUT2D eigenvalue weighted by Gasteiger charge is 2.21. The molecule has 5 nitrogen and oxygen atoms in total. The number of para-hydroxylation sites is 1. The lowest BCUT2D eigenvalue weighted by molar-refractivity contribution is -0.120. The van der Waals surface area contributed by atoms with Crippen molar-refractivity contribution in [3.63, 3.8) is 0 Å². The molecule has 20 heavy (non-hydrogen) atoms. The van der Waals surface area contributed by atoms with Crippen molar-refractivity contribution >= 4 is 22.5 Å². The van der Waals surface area contributed by atoms with Crippen LogP contribution in [0.25, 0.3) is 10.9 Å². The van der Waals surface area contributed by atoms with Crippen molar-refractivity contribution in [3.8, 4) is 0 Å². The Kier molecular flexibility index (Phi) is 3.62. The maximum Gasteiger partial charge on any atom is 0.243 e. The first-order valence-electron chi connectivity index (χ1n) is 6.72. The van der Waals surface area contributed by atoms with Gasteiger partial charge in [-0.15, -0.1) is 0 Å². The molecule has 1 unspecified atom stereocenters. The summed E-state index contributed by atoms with van der Waals surface area (Å²) < 4.78 is 5.30. The van der Waals surface area contributed by atoms with E-state index in [1.807, 2.05) is 37.3 Å². The second kappa shape index (κ2) is 5.56. The van der Waals surface area contributed by atoms with Crippen molar-refractivity contribution in [2.45, 2.75) is 13.0 Å². The summed E-state index contributed by atoms with van der Waals surface area (Å²) in [5, 5.41) is 7.08. The molecule has 1 aromatic heterocycles. The first-order valence-corrected chi connectivity index (χ1v) is 6.72. The number of benzene rings is 1. The Balaban J connectivity index is 1.82. The molecule has 0 radical (unpaired) electrons. The highest BCUT2D eigenvalue weighted by molar-refractivity contribution is 5.97. The largest absolute Gasteiger partial charge is 0.378 e. The topological polar surface area (TPSA) is 63.2 Å². The van der Waals surface area contributed by atoms with Crippen molar-refractivity contribution in [1.29, 1.82) is 0 Å². The van der Waals surface area contributed by atoms with Gasteiger partial charge in [0.2, 0.25) is 5.91 Å². The maximum absolute atomic E-state index is 12.2. The summed E-state index contributed by atoms with van der Waals surface area (Å²) in [6.45, 7) is 3.66. The quantitative estimate of drug-likeness (QED) is 0.868. The molecule has 2 N–H and O–H groups in total. The third-order valence-corrected chi connectivity index (χ3v) is 3.41. The molecule has 104 valence electrons. The second-order valence-corrected chi connectivity index (χ2v) is 4.88. The molecule has 2 heterocycles. The molecule has 1 aromatic carbocycles. The molecular weight excluding hydrogens is 254 g/mol. The van der Waals surface area contributed by atoms with Crippen molar-refractivity contribution in [3.05, 3.63) is 36.0 Å². The number of nitrogens with one attached hydrogen (secondary N) is 2. The van der Waals surface area contributed by atoms with E-state index in [1.54, 1.807) is 0 Å². The lowest BCUT2D eigenvalue weighted by Gasteiger charge is -2.23. The molecule has 1 amide bonds. The molecule has 5 heteroatoms. The summed E-state index contributed by atoms with van der Waals surface area (Å²) in [5.41, 5.74) is 2.50. The number of carbonyl (C=O) groups excluding carboxylic acids is 1. The highest BCUT2D eigenvalue weighted by atomic mass is 16.5. The zero-order valence-electron chi connectivity index (χ0n) is 11.3. The number of aryl methyl sites for hydroxylation is 1. The van der Waals surface area contributed by atoms with Crippen molar-refractivity contribution < 1.29 is 9.53 Å². The summed E-state index contributed by atoms with van der Waals surface area (Å²) >= 11 is 0. The average molecular weight is 271 g/mol. The standard InChI is InChI=1S/C15H17N3O2/c1-10-13(8-11-4-2-3-5-12(11)17-10)18-15(19)14-9-20-7-6-16-14/h2-5,8,14,16H,6-7,9H2,1H3,(H,18,19). The number of rotatable bonds is 2. The number of amides is 1. The Bertz CT molecular complexity index is 636. The van der Waals surface area contributed by atoms with Crippen LogP contribution in [-0.2, 0) is 9.53 Å². The van der Waals surface area contributed by atoms with Gasteiger partial charge in [0.05, 0.1) is 30.1 Å². The number of hydrogen-bond acceptors (Lipinski definition) is 4. The van der Waals surface area contributed by atoms with Crippen LogP contribution in [0.4, 0.5) is 5.69 Å². The Morgan fingerprint density at radius 1 is 1.45 bits per heavy atom. The van der Waals surface area contributed by atoms with Gasteiger partial charge in [-0.3, -0.25) is 9.78 Å². The van der Waals surface area contributed by atoms with E-state index in [9.17, 15) is 4.79 Å². The van der Waals surface area contributed by atoms with Gasteiger partial charge >= 0.3 is 0 Å². The fraction of sp³-hybridized carbons (Fsp3) is 0.333. The van der Waals surface area contributed by atoms with E-state index in [2.05, 4.69) is 15.6 Å². The molecule has 1 saturated heterocycles. The average Bonchev–Trinajstić information content (AvgIpc) is 2.49. The van der Waals surface area contributed by atoms with Gasteiger partial charge in [-0.25, -0.2) is 0 Å². The molecular formula is C15H17N3O2. The minimum atomic E-state index is -0.297. The third-order valence-electron chi connectivity index (χ3n) is 3.41. The van der Waals surface area contributed by atoms with Crippen LogP contribution in [0, 0.1) is 6.92 Å². The molecule has 1 aliphatic heterocycles. The van der Waals surface area contributed by atoms with Crippen molar-refractivity contribution in [1.82, 2.24) is 10.3 Å². The molecule has 1 aliphatic rings. The number of aromatic nitrogens is 1. The fourth-order valence-corrected chi connectivity index (χ4v) is 2.29. The smallest absolute Gasteiger partial charge is 0.243 e. The van der Waals surface area contributed by atoms with Crippen molar-refractivity contribution in [2.24, 2.45) is 0 Å². The van der Waals surface area contributed by atoms with Gasteiger partial charge in [0.15, 0.2) is 0 Å². The van der Waals surface area contributed by atoms with Crippen LogP contribution in [0.3, 0.4) is 0 Å². The third kappa shape index (κ3) is 2.64. The minimum Gasteiger partial charge on any atom is -0.378 e. The van der Waals surface area contributed by atoms with Crippen LogP contribution in [0.15, 0.2) is 30.3 Å². The van der Waals surface area contributed by atoms with Gasteiger partial charge in [0, 0.05) is 11.9 Å². The van der Waals surface area contributed by atoms with Crippen LogP contribution in [0.5, 0.6) is 0 Å². The zero-order chi connectivity index (χ0) is 13.9. The highest BCUT2D eigenvalue weighted by Crippen LogP contribution is 2.20. The van der Waals surface area contributed by atoms with Gasteiger partial charge in [-0.1, -0.05) is 18.2 Å². The monoisotopic (exact) mass is 271 g/mol. The Morgan fingerprint density at radius 3 is 3.10 bits per heavy atom. The van der Waals surface area contributed by atoms with E-state index in [0.29, 0.717) is 19.8 Å². The molecule has 1 atom stereocenters. The van der Waals surface area contributed by atoms with Gasteiger partial charge in [0.25, 0.3) is 0 Å². The molecule has 1 fully saturated rings. The lowest BCUT2D eigenvalue weighted by Crippen LogP contribution is -2.48. The maximum atomic E-state index is 12.2. The molecule has 0 aliphatic carbocycles. The van der Waals surface area contributed by atoms with Gasteiger partial charge in [-0.05, 0) is 19.1 Å². The van der Waals surface area contributed by atoms with E-state index in [-0.39, 0.29) is 11.9 Å². The summed E-state index contributed by atoms with van der Waals surface area (Å²) in [7, 11) is 0. The SMILES string of the molecule is Cc1nc2ccccc2cc1NC(=O)C1COCCN1. The molecule has 0 saturated carbocycles. The summed E-state index contributed by atoms with van der Waals surface area (Å²) in [5.74, 6) is -0.0788. The minimum absolute atomic E-state index is 0.0788. The summed E-state index contributed by atoms with van der Waals surface area (Å²) in [4.78, 5) is 16.7. The number of fused-ring (bicyclic) bond motifs is 1. The van der Waals surface area contributed by atoms with Crippen molar-refractivity contribution in [2.75, 3.05) is 25.1 Å². The lowest BCUT2D eigenvalue weighted by atomic mass is 10.1. The number of pyridine rings is 1. The van der Waals surface area contributed by atoms with Crippen LogP contribution in [0.1, 0.15) is 5.69 Å². The summed E-state index contributed by atoms with van der Waals surface area (Å²) in [6, 6.07) is 9.52. The number of hydrogen-bond donors (Lipinski definition) is 2. The Morgan fingerprint density at radius 2 is 2.30 bits per heavy atom. The van der Waals surface area contributed by atoms with Gasteiger partial charge < -0.3 is 15.4 Å². The van der Waals surface area contributed by atoms with E-state index in [0.717, 1.165) is 22.3 Å². The first-order chi connectivity index (χ1) is 9.74. The van der Waals surface area contributed by atoms with Crippen LogP contribution < -0.4 is 10.6 Å². The van der Waals surface area contributed by atoms with E-state index in [4.69, 9.17) is 4.74 Å². The van der Waals surface area contributed by atoms with E-state index < -0.39 is 0 Å². The van der Waals surface area contributed by atoms with Gasteiger partial charge in [0.1, 0.15) is 6.04 Å². The van der Waals surface area contributed by atoms with Crippen LogP contribution >= 0.6 is 0 Å². The molecule has 3 rings (SSSR count). The predicted octanol–water partition coefficient (Wildman–Crippen LogP) is 1.47.